The molecule has 5 nitrogen and oxygen atoms in total. The highest BCUT2D eigenvalue weighted by Gasteiger charge is 2.15. The van der Waals surface area contributed by atoms with E-state index in [0.29, 0.717) is 19.3 Å². The van der Waals surface area contributed by atoms with Crippen LogP contribution in [0.4, 0.5) is 4.79 Å². The molecule has 0 bridgehead atoms. The second-order valence-corrected chi connectivity index (χ2v) is 4.79. The van der Waals surface area contributed by atoms with Gasteiger partial charge >= 0.3 is 6.03 Å². The minimum atomic E-state index is -0.713. The molecule has 0 spiro atoms. The fourth-order valence-corrected chi connectivity index (χ4v) is 1.76. The van der Waals surface area contributed by atoms with E-state index in [0.717, 1.165) is 12.8 Å². The summed E-state index contributed by atoms with van der Waals surface area (Å²) in [5, 5.41) is 3.96. The van der Waals surface area contributed by atoms with Crippen LogP contribution in [0.1, 0.15) is 32.6 Å². The average molecular weight is 263 g/mol. The Morgan fingerprint density at radius 3 is 2.65 bits per heavy atom. The molecule has 17 heavy (non-hydrogen) atoms. The highest BCUT2D eigenvalue weighted by atomic mass is 35.5. The molecule has 1 rings (SSSR count). The highest BCUT2D eigenvalue weighted by molar-refractivity contribution is 6.31. The lowest BCUT2D eigenvalue weighted by molar-refractivity contribution is -0.119. The second-order valence-electron chi connectivity index (χ2n) is 4.14. The number of urea groups is 1. The molecule has 98 valence electrons. The Kier molecular flexibility index (Phi) is 6.29. The number of nitrogens with one attached hydrogen (secondary N) is 2. The lowest BCUT2D eigenvalue weighted by atomic mass is 10.3. The minimum absolute atomic E-state index is 0.337. The monoisotopic (exact) mass is 262 g/mol. The Morgan fingerprint density at radius 1 is 1.41 bits per heavy atom. The zero-order chi connectivity index (χ0) is 12.7. The number of carbonyl (C=O) groups is 2. The van der Waals surface area contributed by atoms with E-state index in [1.165, 1.54) is 19.8 Å². The van der Waals surface area contributed by atoms with Gasteiger partial charge in [0.15, 0.2) is 0 Å². The van der Waals surface area contributed by atoms with Crippen molar-refractivity contribution in [3.63, 3.8) is 0 Å². The molecule has 0 aromatic carbocycles. The SMILES string of the molecule is CC(Cl)C(=O)NC(=O)NCCOC1CCCC1. The number of imide groups is 1. The Hall–Kier alpha value is -0.810. The zero-order valence-corrected chi connectivity index (χ0v) is 10.8. The van der Waals surface area contributed by atoms with Crippen LogP contribution in [0.25, 0.3) is 0 Å². The molecular formula is C11H19ClN2O3. The molecule has 0 saturated heterocycles. The molecule has 0 radical (unpaired) electrons. The summed E-state index contributed by atoms with van der Waals surface area (Å²) >= 11 is 5.50. The molecule has 0 aromatic rings. The maximum atomic E-state index is 11.2. The topological polar surface area (TPSA) is 67.4 Å². The van der Waals surface area contributed by atoms with E-state index in [-0.39, 0.29) is 0 Å². The third kappa shape index (κ3) is 5.89. The third-order valence-electron chi connectivity index (χ3n) is 2.64. The average Bonchev–Trinajstić information content (AvgIpc) is 2.77. The van der Waals surface area contributed by atoms with Gasteiger partial charge in [-0.2, -0.15) is 0 Å². The molecule has 6 heteroatoms. The molecule has 1 fully saturated rings. The van der Waals surface area contributed by atoms with Crippen LogP contribution in [0.15, 0.2) is 0 Å². The second kappa shape index (κ2) is 7.50. The Morgan fingerprint density at radius 2 is 2.06 bits per heavy atom. The van der Waals surface area contributed by atoms with Crippen molar-refractivity contribution >= 4 is 23.5 Å². The van der Waals surface area contributed by atoms with Crippen LogP contribution in [-0.2, 0) is 9.53 Å². The molecule has 0 heterocycles. The van der Waals surface area contributed by atoms with Gasteiger partial charge in [-0.25, -0.2) is 4.79 Å². The molecule has 0 aliphatic heterocycles. The van der Waals surface area contributed by atoms with Crippen molar-refractivity contribution in [2.75, 3.05) is 13.2 Å². The molecule has 2 N–H and O–H groups in total. The van der Waals surface area contributed by atoms with Crippen LogP contribution < -0.4 is 10.6 Å². The first-order valence-corrected chi connectivity index (χ1v) is 6.37. The van der Waals surface area contributed by atoms with Crippen molar-refractivity contribution in [2.45, 2.75) is 44.1 Å². The summed E-state index contributed by atoms with van der Waals surface area (Å²) in [6.45, 7) is 2.38. The van der Waals surface area contributed by atoms with Gasteiger partial charge in [-0.05, 0) is 19.8 Å². The first-order valence-electron chi connectivity index (χ1n) is 5.94. The molecule has 1 aliphatic rings. The van der Waals surface area contributed by atoms with E-state index in [9.17, 15) is 9.59 Å². The van der Waals surface area contributed by atoms with E-state index < -0.39 is 17.3 Å². The summed E-state index contributed by atoms with van der Waals surface area (Å²) in [6.07, 6.45) is 4.99. The van der Waals surface area contributed by atoms with Crippen molar-refractivity contribution in [2.24, 2.45) is 0 Å². The lowest BCUT2D eigenvalue weighted by Gasteiger charge is -2.11. The van der Waals surface area contributed by atoms with Crippen LogP contribution in [0.3, 0.4) is 0 Å². The molecular weight excluding hydrogens is 244 g/mol. The predicted octanol–water partition coefficient (Wildman–Crippen LogP) is 1.40. The highest BCUT2D eigenvalue weighted by Crippen LogP contribution is 2.20. The van der Waals surface area contributed by atoms with Crippen molar-refractivity contribution in [1.82, 2.24) is 10.6 Å². The van der Waals surface area contributed by atoms with E-state index in [1.54, 1.807) is 0 Å². The number of carbonyl (C=O) groups excluding carboxylic acids is 2. The molecule has 1 atom stereocenters. The van der Waals surface area contributed by atoms with Crippen LogP contribution in [0.2, 0.25) is 0 Å². The fraction of sp³-hybridized carbons (Fsp3) is 0.818. The summed E-state index contributed by atoms with van der Waals surface area (Å²) in [4.78, 5) is 22.3. The summed E-state index contributed by atoms with van der Waals surface area (Å²) in [6, 6.07) is -0.530. The van der Waals surface area contributed by atoms with Gasteiger partial charge in [0.05, 0.1) is 12.7 Å². The van der Waals surface area contributed by atoms with Gasteiger partial charge in [0.2, 0.25) is 5.91 Å². The smallest absolute Gasteiger partial charge is 0.321 e. The van der Waals surface area contributed by atoms with Crippen molar-refractivity contribution < 1.29 is 14.3 Å². The number of halogens is 1. The van der Waals surface area contributed by atoms with Crippen molar-refractivity contribution in [1.29, 1.82) is 0 Å². The first-order chi connectivity index (χ1) is 8.09. The van der Waals surface area contributed by atoms with E-state index >= 15 is 0 Å². The van der Waals surface area contributed by atoms with Gasteiger partial charge in [-0.3, -0.25) is 10.1 Å². The number of amides is 3. The summed E-state index contributed by atoms with van der Waals surface area (Å²) in [5.41, 5.74) is 0. The van der Waals surface area contributed by atoms with E-state index in [2.05, 4.69) is 10.6 Å². The van der Waals surface area contributed by atoms with Crippen molar-refractivity contribution in [3.05, 3.63) is 0 Å². The number of rotatable bonds is 5. The fourth-order valence-electron chi connectivity index (χ4n) is 1.70. The number of hydrogen-bond acceptors (Lipinski definition) is 3. The lowest BCUT2D eigenvalue weighted by Crippen LogP contribution is -2.43. The molecule has 3 amide bonds. The zero-order valence-electron chi connectivity index (χ0n) is 10.0. The van der Waals surface area contributed by atoms with Crippen LogP contribution >= 0.6 is 11.6 Å². The van der Waals surface area contributed by atoms with Crippen LogP contribution in [0.5, 0.6) is 0 Å². The van der Waals surface area contributed by atoms with Gasteiger partial charge in [-0.15, -0.1) is 11.6 Å². The Bertz CT molecular complexity index is 265. The standard InChI is InChI=1S/C11H19ClN2O3/c1-8(12)10(15)14-11(16)13-6-7-17-9-4-2-3-5-9/h8-9H,2-7H2,1H3,(H2,13,14,15,16). The number of ether oxygens (including phenoxy) is 1. The third-order valence-corrected chi connectivity index (χ3v) is 2.84. The summed E-state index contributed by atoms with van der Waals surface area (Å²) in [7, 11) is 0. The Labute approximate surface area is 106 Å². The maximum Gasteiger partial charge on any atom is 0.321 e. The van der Waals surface area contributed by atoms with E-state index in [4.69, 9.17) is 16.3 Å². The van der Waals surface area contributed by atoms with Crippen LogP contribution in [-0.4, -0.2) is 36.6 Å². The van der Waals surface area contributed by atoms with Gasteiger partial charge in [0.1, 0.15) is 5.38 Å². The van der Waals surface area contributed by atoms with Gasteiger partial charge in [-0.1, -0.05) is 12.8 Å². The first kappa shape index (κ1) is 14.3. The molecule has 1 unspecified atom stereocenters. The van der Waals surface area contributed by atoms with Gasteiger partial charge in [0.25, 0.3) is 0 Å². The summed E-state index contributed by atoms with van der Waals surface area (Å²) in [5.74, 6) is -0.499. The molecule has 1 aliphatic carbocycles. The molecule has 0 aromatic heterocycles. The quantitative estimate of drug-likeness (QED) is 0.581. The normalized spacial score (nSPS) is 17.8. The number of hydrogen-bond donors (Lipinski definition) is 2. The largest absolute Gasteiger partial charge is 0.376 e. The predicted molar refractivity (Wildman–Crippen MR) is 65.1 cm³/mol. The van der Waals surface area contributed by atoms with Crippen molar-refractivity contribution in [3.8, 4) is 0 Å². The summed E-state index contributed by atoms with van der Waals surface area (Å²) < 4.78 is 5.55. The minimum Gasteiger partial charge on any atom is -0.376 e. The number of alkyl halides is 1. The van der Waals surface area contributed by atoms with Gasteiger partial charge in [0, 0.05) is 6.54 Å². The molecule has 1 saturated carbocycles. The maximum absolute atomic E-state index is 11.2. The van der Waals surface area contributed by atoms with Crippen LogP contribution in [0, 0.1) is 0 Å². The Balaban J connectivity index is 2.01. The van der Waals surface area contributed by atoms with E-state index in [1.807, 2.05) is 0 Å². The van der Waals surface area contributed by atoms with Gasteiger partial charge < -0.3 is 10.1 Å².